The first-order chi connectivity index (χ1) is 21.2. The van der Waals surface area contributed by atoms with Crippen LogP contribution >= 0.6 is 0 Å². The topological polar surface area (TPSA) is 123 Å². The fourth-order valence-corrected chi connectivity index (χ4v) is 5.76. The molecule has 0 heterocycles. The van der Waals surface area contributed by atoms with Crippen LogP contribution in [0.15, 0.2) is 72.8 Å². The van der Waals surface area contributed by atoms with Crippen LogP contribution in [-0.2, 0) is 14.4 Å². The Labute approximate surface area is 258 Å². The van der Waals surface area contributed by atoms with E-state index >= 15 is 0 Å². The van der Waals surface area contributed by atoms with Gasteiger partial charge in [0.15, 0.2) is 0 Å². The minimum absolute atomic E-state index is 0.382. The second-order valence-electron chi connectivity index (χ2n) is 11.1. The zero-order valence-electron chi connectivity index (χ0n) is 25.8. The summed E-state index contributed by atoms with van der Waals surface area (Å²) in [6.45, 7) is 8.49. The van der Waals surface area contributed by atoms with Crippen LogP contribution in [-0.4, -0.2) is 48.1 Å². The van der Waals surface area contributed by atoms with Crippen molar-refractivity contribution < 1.29 is 33.7 Å². The summed E-state index contributed by atoms with van der Waals surface area (Å²) in [4.78, 5) is 42.0. The second-order valence-corrected chi connectivity index (χ2v) is 11.1. The number of unbranched alkanes of at least 4 members (excludes halogenated alkanes) is 1. The van der Waals surface area contributed by atoms with Gasteiger partial charge in [0.2, 0.25) is 11.8 Å². The summed E-state index contributed by atoms with van der Waals surface area (Å²) in [6.07, 6.45) is 1.43. The molecule has 0 radical (unpaired) electrons. The first-order valence-electron chi connectivity index (χ1n) is 15.2. The minimum Gasteiger partial charge on any atom is -0.494 e. The average Bonchev–Trinajstić information content (AvgIpc) is 2.98. The van der Waals surface area contributed by atoms with E-state index in [4.69, 9.17) is 14.2 Å². The molecule has 1 saturated carbocycles. The SMILES string of the molecule is CCCCOc1cccc(C2C(C(=O)Nc3ccccc3OCC)C(=O)CC(C)(O)C2C(=O)Nc2ccccc2OCC)c1. The van der Waals surface area contributed by atoms with Crippen molar-refractivity contribution in [3.63, 3.8) is 0 Å². The van der Waals surface area contributed by atoms with Crippen molar-refractivity contribution in [2.45, 2.75) is 58.5 Å². The quantitative estimate of drug-likeness (QED) is 0.162. The molecule has 3 aromatic rings. The van der Waals surface area contributed by atoms with Gasteiger partial charge in [0, 0.05) is 12.3 Å². The van der Waals surface area contributed by atoms with Gasteiger partial charge in [-0.25, -0.2) is 0 Å². The highest BCUT2D eigenvalue weighted by molar-refractivity contribution is 6.11. The van der Waals surface area contributed by atoms with E-state index < -0.39 is 41.0 Å². The first-order valence-corrected chi connectivity index (χ1v) is 15.2. The van der Waals surface area contributed by atoms with E-state index in [9.17, 15) is 19.5 Å². The van der Waals surface area contributed by atoms with Crippen molar-refractivity contribution in [1.82, 2.24) is 0 Å². The Morgan fingerprint density at radius 1 is 0.841 bits per heavy atom. The van der Waals surface area contributed by atoms with Crippen LogP contribution in [0.5, 0.6) is 17.2 Å². The van der Waals surface area contributed by atoms with Crippen molar-refractivity contribution in [3.05, 3.63) is 78.4 Å². The summed E-state index contributed by atoms with van der Waals surface area (Å²) in [5.74, 6) is -3.59. The van der Waals surface area contributed by atoms with Crippen molar-refractivity contribution in [1.29, 1.82) is 0 Å². The number of benzene rings is 3. The first kappa shape index (κ1) is 32.5. The number of rotatable bonds is 13. The standard InChI is InChI=1S/C35H42N2O7/c1-5-8-20-44-24-15-13-14-23(21-24)30-31(33(39)36-25-16-9-11-18-28(25)42-6-2)27(38)22-35(4,41)32(30)34(40)37-26-17-10-12-19-29(26)43-7-3/h9-19,21,30-32,41H,5-8,20,22H2,1-4H3,(H,36,39)(H,37,40). The molecule has 0 aromatic heterocycles. The zero-order valence-corrected chi connectivity index (χ0v) is 25.8. The van der Waals surface area contributed by atoms with Gasteiger partial charge in [-0.3, -0.25) is 14.4 Å². The van der Waals surface area contributed by atoms with Crippen LogP contribution in [0.4, 0.5) is 11.4 Å². The largest absolute Gasteiger partial charge is 0.494 e. The molecule has 1 fully saturated rings. The molecule has 0 spiro atoms. The fraction of sp³-hybridized carbons (Fsp3) is 0.400. The normalized spacial score (nSPS) is 21.3. The van der Waals surface area contributed by atoms with Gasteiger partial charge in [-0.1, -0.05) is 49.7 Å². The van der Waals surface area contributed by atoms with Gasteiger partial charge < -0.3 is 30.0 Å². The molecule has 1 aliphatic carbocycles. The zero-order chi connectivity index (χ0) is 31.7. The number of ketones is 1. The molecule has 3 aromatic carbocycles. The highest BCUT2D eigenvalue weighted by Crippen LogP contribution is 2.47. The fourth-order valence-electron chi connectivity index (χ4n) is 5.76. The van der Waals surface area contributed by atoms with Gasteiger partial charge in [0.25, 0.3) is 0 Å². The number of carbonyl (C=O) groups excluding carboxylic acids is 3. The second kappa shape index (κ2) is 14.9. The Balaban J connectivity index is 1.78. The maximum atomic E-state index is 14.2. The molecule has 4 atom stereocenters. The molecule has 4 unspecified atom stereocenters. The average molecular weight is 603 g/mol. The van der Waals surface area contributed by atoms with Crippen molar-refractivity contribution >= 4 is 29.0 Å². The number of carbonyl (C=O) groups is 3. The number of amides is 2. The van der Waals surface area contributed by atoms with Gasteiger partial charge in [-0.05, 0) is 69.2 Å². The molecular weight excluding hydrogens is 560 g/mol. The van der Waals surface area contributed by atoms with E-state index in [2.05, 4.69) is 17.6 Å². The number of aliphatic hydroxyl groups is 1. The summed E-state index contributed by atoms with van der Waals surface area (Å²) in [5, 5.41) is 17.5. The Morgan fingerprint density at radius 2 is 1.43 bits per heavy atom. The number of anilines is 2. The third-order valence-electron chi connectivity index (χ3n) is 7.73. The number of hydrogen-bond acceptors (Lipinski definition) is 7. The van der Waals surface area contributed by atoms with Crippen molar-refractivity contribution in [2.24, 2.45) is 11.8 Å². The summed E-state index contributed by atoms with van der Waals surface area (Å²) in [6, 6.07) is 21.0. The van der Waals surface area contributed by atoms with E-state index in [1.165, 1.54) is 6.92 Å². The van der Waals surface area contributed by atoms with Crippen molar-refractivity contribution in [2.75, 3.05) is 30.5 Å². The molecule has 3 N–H and O–H groups in total. The minimum atomic E-state index is -1.76. The third kappa shape index (κ3) is 7.58. The number of hydrogen-bond donors (Lipinski definition) is 3. The third-order valence-corrected chi connectivity index (χ3v) is 7.73. The summed E-state index contributed by atoms with van der Waals surface area (Å²) in [5.41, 5.74) is -0.393. The van der Waals surface area contributed by atoms with Crippen LogP contribution < -0.4 is 24.8 Å². The van der Waals surface area contributed by atoms with E-state index in [0.29, 0.717) is 54.0 Å². The maximum Gasteiger partial charge on any atom is 0.235 e. The molecule has 2 amide bonds. The Morgan fingerprint density at radius 3 is 2.02 bits per heavy atom. The molecule has 234 valence electrons. The predicted octanol–water partition coefficient (Wildman–Crippen LogP) is 5.98. The van der Waals surface area contributed by atoms with Gasteiger partial charge in [0.05, 0.1) is 42.7 Å². The lowest BCUT2D eigenvalue weighted by atomic mass is 9.61. The lowest BCUT2D eigenvalue weighted by Crippen LogP contribution is -2.56. The summed E-state index contributed by atoms with van der Waals surface area (Å²) < 4.78 is 17.3. The lowest BCUT2D eigenvalue weighted by molar-refractivity contribution is -0.150. The highest BCUT2D eigenvalue weighted by Gasteiger charge is 2.56. The molecule has 9 nitrogen and oxygen atoms in total. The lowest BCUT2D eigenvalue weighted by Gasteiger charge is -2.44. The number of ether oxygens (including phenoxy) is 3. The Hall–Kier alpha value is -4.37. The number of nitrogens with one attached hydrogen (secondary N) is 2. The molecule has 0 bridgehead atoms. The number of Topliss-reactive ketones (excluding diaryl/α,β-unsaturated/α-hetero) is 1. The van der Waals surface area contributed by atoms with Crippen LogP contribution in [0, 0.1) is 11.8 Å². The van der Waals surface area contributed by atoms with Gasteiger partial charge >= 0.3 is 0 Å². The van der Waals surface area contributed by atoms with Crippen LogP contribution in [0.25, 0.3) is 0 Å². The Bertz CT molecular complexity index is 1450. The molecule has 4 rings (SSSR count). The molecule has 0 aliphatic heterocycles. The van der Waals surface area contributed by atoms with E-state index in [1.54, 1.807) is 72.8 Å². The van der Waals surface area contributed by atoms with Crippen LogP contribution in [0.2, 0.25) is 0 Å². The van der Waals surface area contributed by atoms with E-state index in [0.717, 1.165) is 12.8 Å². The summed E-state index contributed by atoms with van der Waals surface area (Å²) >= 11 is 0. The van der Waals surface area contributed by atoms with Crippen LogP contribution in [0.1, 0.15) is 58.4 Å². The number of para-hydroxylation sites is 4. The summed E-state index contributed by atoms with van der Waals surface area (Å²) in [7, 11) is 0. The molecule has 0 saturated heterocycles. The molecular formula is C35H42N2O7. The molecule has 44 heavy (non-hydrogen) atoms. The van der Waals surface area contributed by atoms with Crippen LogP contribution in [0.3, 0.4) is 0 Å². The predicted molar refractivity (Wildman–Crippen MR) is 169 cm³/mol. The molecule has 9 heteroatoms. The molecule has 1 aliphatic rings. The maximum absolute atomic E-state index is 14.2. The van der Waals surface area contributed by atoms with E-state index in [-0.39, 0.29) is 6.42 Å². The van der Waals surface area contributed by atoms with E-state index in [1.807, 2.05) is 13.8 Å². The smallest absolute Gasteiger partial charge is 0.235 e. The highest BCUT2D eigenvalue weighted by atomic mass is 16.5. The Kier molecular flexibility index (Phi) is 11.0. The van der Waals surface area contributed by atoms with Gasteiger partial charge in [-0.2, -0.15) is 0 Å². The van der Waals surface area contributed by atoms with Gasteiger partial charge in [-0.15, -0.1) is 0 Å². The monoisotopic (exact) mass is 602 g/mol. The van der Waals surface area contributed by atoms with Crippen molar-refractivity contribution in [3.8, 4) is 17.2 Å². The van der Waals surface area contributed by atoms with Gasteiger partial charge in [0.1, 0.15) is 28.9 Å².